The highest BCUT2D eigenvalue weighted by molar-refractivity contribution is 5.81. The van der Waals surface area contributed by atoms with Crippen molar-refractivity contribution in [1.29, 1.82) is 0 Å². The lowest BCUT2D eigenvalue weighted by atomic mass is 10.0. The van der Waals surface area contributed by atoms with Crippen LogP contribution in [0.1, 0.15) is 42.9 Å². The van der Waals surface area contributed by atoms with Gasteiger partial charge in [0.1, 0.15) is 0 Å². The molecule has 1 amide bonds. The van der Waals surface area contributed by atoms with Crippen molar-refractivity contribution in [3.63, 3.8) is 0 Å². The molecule has 2 saturated carbocycles. The van der Waals surface area contributed by atoms with Crippen LogP contribution in [0.3, 0.4) is 0 Å². The summed E-state index contributed by atoms with van der Waals surface area (Å²) in [6.07, 6.45) is 4.67. The van der Waals surface area contributed by atoms with E-state index in [1.54, 1.807) is 0 Å². The molecule has 1 unspecified atom stereocenters. The van der Waals surface area contributed by atoms with Crippen LogP contribution in [-0.2, 0) is 4.79 Å². The molecular weight excluding hydrogens is 210 g/mol. The molecule has 1 aromatic carbocycles. The van der Waals surface area contributed by atoms with Gasteiger partial charge in [-0.15, -0.1) is 0 Å². The SMILES string of the molecule is Cc1ccc(C(NC(=O)C2CC2)C2CC2)cc1. The molecule has 0 aliphatic heterocycles. The van der Waals surface area contributed by atoms with Crippen LogP contribution in [-0.4, -0.2) is 5.91 Å². The van der Waals surface area contributed by atoms with E-state index in [0.29, 0.717) is 11.8 Å². The Balaban J connectivity index is 1.74. The fraction of sp³-hybridized carbons (Fsp3) is 0.533. The van der Waals surface area contributed by atoms with E-state index in [-0.39, 0.29) is 11.9 Å². The molecule has 2 nitrogen and oxygen atoms in total. The largest absolute Gasteiger partial charge is 0.349 e. The summed E-state index contributed by atoms with van der Waals surface area (Å²) in [5, 5.41) is 3.24. The van der Waals surface area contributed by atoms with Crippen molar-refractivity contribution >= 4 is 5.91 Å². The van der Waals surface area contributed by atoms with Gasteiger partial charge in [0.25, 0.3) is 0 Å². The van der Waals surface area contributed by atoms with Crippen molar-refractivity contribution in [3.8, 4) is 0 Å². The number of nitrogens with one attached hydrogen (secondary N) is 1. The molecule has 0 heterocycles. The minimum Gasteiger partial charge on any atom is -0.349 e. The highest BCUT2D eigenvalue weighted by Gasteiger charge is 2.37. The molecule has 3 rings (SSSR count). The van der Waals surface area contributed by atoms with Crippen LogP contribution in [0.5, 0.6) is 0 Å². The van der Waals surface area contributed by atoms with Crippen LogP contribution >= 0.6 is 0 Å². The first-order valence-corrected chi connectivity index (χ1v) is 6.61. The zero-order valence-corrected chi connectivity index (χ0v) is 10.3. The van der Waals surface area contributed by atoms with Gasteiger partial charge >= 0.3 is 0 Å². The summed E-state index contributed by atoms with van der Waals surface area (Å²) >= 11 is 0. The number of rotatable bonds is 4. The van der Waals surface area contributed by atoms with Crippen LogP contribution in [0, 0.1) is 18.8 Å². The third-order valence-electron chi connectivity index (χ3n) is 3.78. The molecule has 17 heavy (non-hydrogen) atoms. The van der Waals surface area contributed by atoms with E-state index in [9.17, 15) is 4.79 Å². The fourth-order valence-electron chi connectivity index (χ4n) is 2.29. The molecule has 2 fully saturated rings. The lowest BCUT2D eigenvalue weighted by Crippen LogP contribution is -2.30. The third-order valence-corrected chi connectivity index (χ3v) is 3.78. The van der Waals surface area contributed by atoms with Gasteiger partial charge in [0.05, 0.1) is 6.04 Å². The highest BCUT2D eigenvalue weighted by Crippen LogP contribution is 2.42. The highest BCUT2D eigenvalue weighted by atomic mass is 16.2. The number of carbonyl (C=O) groups excluding carboxylic acids is 1. The predicted octanol–water partition coefficient (Wildman–Crippen LogP) is 2.97. The quantitative estimate of drug-likeness (QED) is 0.845. The summed E-state index contributed by atoms with van der Waals surface area (Å²) in [4.78, 5) is 11.9. The lowest BCUT2D eigenvalue weighted by molar-refractivity contribution is -0.123. The van der Waals surface area contributed by atoms with E-state index in [4.69, 9.17) is 0 Å². The van der Waals surface area contributed by atoms with Crippen LogP contribution < -0.4 is 5.32 Å². The first-order valence-electron chi connectivity index (χ1n) is 6.61. The average Bonchev–Trinajstić information content (AvgIpc) is 3.18. The van der Waals surface area contributed by atoms with E-state index in [0.717, 1.165) is 12.8 Å². The summed E-state index contributed by atoms with van der Waals surface area (Å²) in [6.45, 7) is 2.10. The Morgan fingerprint density at radius 1 is 1.18 bits per heavy atom. The van der Waals surface area contributed by atoms with Crippen LogP contribution in [0.25, 0.3) is 0 Å². The maximum Gasteiger partial charge on any atom is 0.223 e. The van der Waals surface area contributed by atoms with Gasteiger partial charge in [0, 0.05) is 5.92 Å². The van der Waals surface area contributed by atoms with Crippen LogP contribution in [0.4, 0.5) is 0 Å². The second-order valence-corrected chi connectivity index (χ2v) is 5.51. The smallest absolute Gasteiger partial charge is 0.223 e. The van der Waals surface area contributed by atoms with E-state index in [1.165, 1.54) is 24.0 Å². The zero-order chi connectivity index (χ0) is 11.8. The fourth-order valence-corrected chi connectivity index (χ4v) is 2.29. The van der Waals surface area contributed by atoms with Crippen molar-refractivity contribution in [2.24, 2.45) is 11.8 Å². The second-order valence-electron chi connectivity index (χ2n) is 5.51. The number of aryl methyl sites for hydroxylation is 1. The Labute approximate surface area is 102 Å². The molecule has 0 aromatic heterocycles. The average molecular weight is 229 g/mol. The molecule has 0 saturated heterocycles. The topological polar surface area (TPSA) is 29.1 Å². The van der Waals surface area contributed by atoms with Gasteiger partial charge in [0.15, 0.2) is 0 Å². The summed E-state index contributed by atoms with van der Waals surface area (Å²) in [6, 6.07) is 8.84. The van der Waals surface area contributed by atoms with Crippen LogP contribution in [0.15, 0.2) is 24.3 Å². The number of benzene rings is 1. The van der Waals surface area contributed by atoms with Crippen molar-refractivity contribution in [2.45, 2.75) is 38.6 Å². The molecule has 2 aliphatic carbocycles. The number of amides is 1. The first-order chi connectivity index (χ1) is 8.24. The van der Waals surface area contributed by atoms with Gasteiger partial charge in [0.2, 0.25) is 5.91 Å². The zero-order valence-electron chi connectivity index (χ0n) is 10.3. The van der Waals surface area contributed by atoms with Crippen LogP contribution in [0.2, 0.25) is 0 Å². The van der Waals surface area contributed by atoms with Crippen molar-refractivity contribution < 1.29 is 4.79 Å². The Morgan fingerprint density at radius 3 is 2.35 bits per heavy atom. The van der Waals surface area contributed by atoms with Gasteiger partial charge in [-0.05, 0) is 44.1 Å². The predicted molar refractivity (Wildman–Crippen MR) is 67.5 cm³/mol. The molecule has 90 valence electrons. The number of hydrogen-bond donors (Lipinski definition) is 1. The summed E-state index contributed by atoms with van der Waals surface area (Å²) in [5.41, 5.74) is 2.55. The lowest BCUT2D eigenvalue weighted by Gasteiger charge is -2.19. The maximum absolute atomic E-state index is 11.9. The number of carbonyl (C=O) groups is 1. The summed E-state index contributed by atoms with van der Waals surface area (Å²) in [7, 11) is 0. The second kappa shape index (κ2) is 4.17. The maximum atomic E-state index is 11.9. The first kappa shape index (κ1) is 10.8. The Bertz CT molecular complexity index is 415. The van der Waals surface area contributed by atoms with Crippen molar-refractivity contribution in [3.05, 3.63) is 35.4 Å². The standard InChI is InChI=1S/C15H19NO/c1-10-2-4-11(5-3-10)14(12-6-7-12)16-15(17)13-8-9-13/h2-5,12-14H,6-9H2,1H3,(H,16,17). The van der Waals surface area contributed by atoms with Gasteiger partial charge in [-0.3, -0.25) is 4.79 Å². The van der Waals surface area contributed by atoms with Gasteiger partial charge in [-0.2, -0.15) is 0 Å². The molecule has 1 aromatic rings. The molecule has 2 aliphatic rings. The molecule has 0 radical (unpaired) electrons. The normalized spacial score (nSPS) is 21.0. The van der Waals surface area contributed by atoms with Gasteiger partial charge in [-0.25, -0.2) is 0 Å². The Morgan fingerprint density at radius 2 is 1.82 bits per heavy atom. The number of hydrogen-bond acceptors (Lipinski definition) is 1. The molecular formula is C15H19NO. The van der Waals surface area contributed by atoms with Gasteiger partial charge < -0.3 is 5.32 Å². The monoisotopic (exact) mass is 229 g/mol. The van der Waals surface area contributed by atoms with E-state index >= 15 is 0 Å². The van der Waals surface area contributed by atoms with E-state index in [2.05, 4.69) is 36.5 Å². The Kier molecular flexibility index (Phi) is 2.65. The molecule has 1 N–H and O–H groups in total. The minimum absolute atomic E-state index is 0.253. The minimum atomic E-state index is 0.253. The summed E-state index contributed by atoms with van der Waals surface area (Å²) < 4.78 is 0. The van der Waals surface area contributed by atoms with E-state index in [1.807, 2.05) is 0 Å². The Hall–Kier alpha value is -1.31. The summed E-state index contributed by atoms with van der Waals surface area (Å²) in [5.74, 6) is 1.24. The molecule has 2 heteroatoms. The molecule has 0 bridgehead atoms. The van der Waals surface area contributed by atoms with Crippen molar-refractivity contribution in [2.75, 3.05) is 0 Å². The van der Waals surface area contributed by atoms with Gasteiger partial charge in [-0.1, -0.05) is 29.8 Å². The van der Waals surface area contributed by atoms with E-state index < -0.39 is 0 Å². The molecule has 0 spiro atoms. The third kappa shape index (κ3) is 2.51. The molecule has 1 atom stereocenters. The van der Waals surface area contributed by atoms with Crippen molar-refractivity contribution in [1.82, 2.24) is 5.32 Å².